The number of hydrogen-bond acceptors (Lipinski definition) is 3. The minimum absolute atomic E-state index is 0. The molecule has 0 aliphatic carbocycles. The van der Waals surface area contributed by atoms with Crippen LogP contribution in [-0.4, -0.2) is 5.91 Å². The number of carbonyl (C=O) groups excluding carboxylic acids is 1. The highest BCUT2D eigenvalue weighted by atomic mass is 35.5. The summed E-state index contributed by atoms with van der Waals surface area (Å²) in [4.78, 5) is 11.8. The van der Waals surface area contributed by atoms with Gasteiger partial charge in [-0.2, -0.15) is 0 Å². The topological polar surface area (TPSA) is 54.3 Å². The highest BCUT2D eigenvalue weighted by Gasteiger charge is 2.12. The van der Waals surface area contributed by atoms with Crippen molar-refractivity contribution >= 4 is 18.3 Å². The molecule has 2 aromatic rings. The summed E-state index contributed by atoms with van der Waals surface area (Å²) in [5, 5.41) is 6.17. The fourth-order valence-corrected chi connectivity index (χ4v) is 2.28. The Morgan fingerprint density at radius 3 is 2.80 bits per heavy atom. The van der Waals surface area contributed by atoms with Gasteiger partial charge in [0.05, 0.1) is 0 Å². The number of nitrogens with one attached hydrogen (secondary N) is 2. The summed E-state index contributed by atoms with van der Waals surface area (Å²) in [6.07, 6.45) is 0. The third-order valence-electron chi connectivity index (χ3n) is 3.32. The molecule has 1 amide bonds. The van der Waals surface area contributed by atoms with E-state index in [4.69, 9.17) is 4.42 Å². The number of halogens is 1. The Morgan fingerprint density at radius 2 is 2.05 bits per heavy atom. The van der Waals surface area contributed by atoms with Gasteiger partial charge in [0, 0.05) is 19.6 Å². The molecule has 1 aromatic heterocycles. The average Bonchev–Trinajstić information content (AvgIpc) is 3.03. The molecule has 1 aliphatic rings. The Kier molecular flexibility index (Phi) is 4.47. The van der Waals surface area contributed by atoms with Gasteiger partial charge in [-0.3, -0.25) is 4.79 Å². The summed E-state index contributed by atoms with van der Waals surface area (Å²) in [5.41, 5.74) is 3.77. The lowest BCUT2D eigenvalue weighted by atomic mass is 10.1. The van der Waals surface area contributed by atoms with Crippen LogP contribution in [-0.2, 0) is 19.6 Å². The number of furan rings is 1. The van der Waals surface area contributed by atoms with Gasteiger partial charge in [0.1, 0.15) is 5.76 Å². The van der Waals surface area contributed by atoms with E-state index in [-0.39, 0.29) is 18.3 Å². The molecule has 1 aromatic carbocycles. The molecule has 0 unspecified atom stereocenters. The summed E-state index contributed by atoms with van der Waals surface area (Å²) < 4.78 is 5.29. The molecule has 3 rings (SSSR count). The molecule has 1 aliphatic heterocycles. The van der Waals surface area contributed by atoms with E-state index in [9.17, 15) is 4.79 Å². The van der Waals surface area contributed by atoms with Gasteiger partial charge in [0.25, 0.3) is 5.91 Å². The molecule has 0 atom stereocenters. The number of amides is 1. The quantitative estimate of drug-likeness (QED) is 0.914. The lowest BCUT2D eigenvalue weighted by molar-refractivity contribution is 0.0922. The van der Waals surface area contributed by atoms with Crippen LogP contribution in [0.25, 0.3) is 0 Å². The van der Waals surface area contributed by atoms with E-state index < -0.39 is 0 Å². The summed E-state index contributed by atoms with van der Waals surface area (Å²) in [6.45, 7) is 4.19. The summed E-state index contributed by atoms with van der Waals surface area (Å²) in [7, 11) is 0. The normalized spacial score (nSPS) is 12.7. The van der Waals surface area contributed by atoms with E-state index >= 15 is 0 Å². The average molecular weight is 293 g/mol. The maximum absolute atomic E-state index is 11.8. The van der Waals surface area contributed by atoms with E-state index in [0.717, 1.165) is 24.4 Å². The largest absolute Gasteiger partial charge is 0.456 e. The Morgan fingerprint density at radius 1 is 1.25 bits per heavy atom. The lowest BCUT2D eigenvalue weighted by Crippen LogP contribution is -2.22. The van der Waals surface area contributed by atoms with Crippen molar-refractivity contribution < 1.29 is 9.21 Å². The SMILES string of the molecule is Cc1ccc(C(=O)NCc2ccc3c(c2)CNC3)o1.Cl. The third-order valence-corrected chi connectivity index (χ3v) is 3.32. The van der Waals surface area contributed by atoms with Crippen LogP contribution in [0.1, 0.15) is 33.0 Å². The number of rotatable bonds is 3. The lowest BCUT2D eigenvalue weighted by Gasteiger charge is -2.05. The Labute approximate surface area is 124 Å². The molecule has 0 saturated heterocycles. The van der Waals surface area contributed by atoms with Crippen molar-refractivity contribution in [1.82, 2.24) is 10.6 Å². The number of carbonyl (C=O) groups is 1. The molecule has 0 spiro atoms. The molecule has 20 heavy (non-hydrogen) atoms. The van der Waals surface area contributed by atoms with Crippen LogP contribution in [0.5, 0.6) is 0 Å². The monoisotopic (exact) mass is 292 g/mol. The minimum Gasteiger partial charge on any atom is -0.456 e. The predicted octanol–water partition coefficient (Wildman–Crippen LogP) is 2.54. The first kappa shape index (κ1) is 14.6. The fraction of sp³-hybridized carbons (Fsp3) is 0.267. The van der Waals surface area contributed by atoms with Crippen LogP contribution in [0, 0.1) is 6.92 Å². The second-order valence-electron chi connectivity index (χ2n) is 4.80. The van der Waals surface area contributed by atoms with Crippen molar-refractivity contribution in [3.63, 3.8) is 0 Å². The van der Waals surface area contributed by atoms with Crippen LogP contribution >= 0.6 is 12.4 Å². The zero-order valence-electron chi connectivity index (χ0n) is 11.2. The highest BCUT2D eigenvalue weighted by Crippen LogP contribution is 2.17. The zero-order chi connectivity index (χ0) is 13.2. The minimum atomic E-state index is -0.174. The maximum atomic E-state index is 11.8. The van der Waals surface area contributed by atoms with Crippen molar-refractivity contribution in [1.29, 1.82) is 0 Å². The number of fused-ring (bicyclic) bond motifs is 1. The number of aryl methyl sites for hydroxylation is 1. The van der Waals surface area contributed by atoms with E-state index in [1.165, 1.54) is 11.1 Å². The molecular formula is C15H17ClN2O2. The molecular weight excluding hydrogens is 276 g/mol. The van der Waals surface area contributed by atoms with Crippen LogP contribution in [0.15, 0.2) is 34.7 Å². The van der Waals surface area contributed by atoms with Gasteiger partial charge in [0.15, 0.2) is 5.76 Å². The van der Waals surface area contributed by atoms with E-state index in [0.29, 0.717) is 12.3 Å². The first-order valence-corrected chi connectivity index (χ1v) is 6.38. The molecule has 106 valence electrons. The number of benzene rings is 1. The first-order valence-electron chi connectivity index (χ1n) is 6.38. The zero-order valence-corrected chi connectivity index (χ0v) is 12.0. The van der Waals surface area contributed by atoms with E-state index in [1.54, 1.807) is 12.1 Å². The van der Waals surface area contributed by atoms with Crippen LogP contribution in [0.2, 0.25) is 0 Å². The van der Waals surface area contributed by atoms with Crippen LogP contribution < -0.4 is 10.6 Å². The maximum Gasteiger partial charge on any atom is 0.287 e. The summed E-state index contributed by atoms with van der Waals surface area (Å²) in [6, 6.07) is 9.80. The molecule has 5 heteroatoms. The molecule has 2 heterocycles. The predicted molar refractivity (Wildman–Crippen MR) is 78.8 cm³/mol. The van der Waals surface area contributed by atoms with Crippen LogP contribution in [0.4, 0.5) is 0 Å². The smallest absolute Gasteiger partial charge is 0.287 e. The van der Waals surface area contributed by atoms with Crippen molar-refractivity contribution in [3.8, 4) is 0 Å². The Balaban J connectivity index is 0.00000147. The molecule has 0 fully saturated rings. The van der Waals surface area contributed by atoms with Crippen molar-refractivity contribution in [2.75, 3.05) is 0 Å². The van der Waals surface area contributed by atoms with Crippen molar-refractivity contribution in [2.24, 2.45) is 0 Å². The van der Waals surface area contributed by atoms with Crippen molar-refractivity contribution in [2.45, 2.75) is 26.6 Å². The van der Waals surface area contributed by atoms with Gasteiger partial charge >= 0.3 is 0 Å². The molecule has 0 saturated carbocycles. The Bertz CT molecular complexity index is 622. The van der Waals surface area contributed by atoms with Gasteiger partial charge in [-0.05, 0) is 35.7 Å². The number of hydrogen-bond donors (Lipinski definition) is 2. The van der Waals surface area contributed by atoms with Crippen LogP contribution in [0.3, 0.4) is 0 Å². The summed E-state index contributed by atoms with van der Waals surface area (Å²) >= 11 is 0. The Hall–Kier alpha value is -1.78. The second kappa shape index (κ2) is 6.11. The van der Waals surface area contributed by atoms with E-state index in [1.807, 2.05) is 6.92 Å². The van der Waals surface area contributed by atoms with Gasteiger partial charge in [-0.25, -0.2) is 0 Å². The van der Waals surface area contributed by atoms with Gasteiger partial charge < -0.3 is 15.1 Å². The third kappa shape index (κ3) is 3.03. The molecule has 2 N–H and O–H groups in total. The molecule has 0 bridgehead atoms. The first-order chi connectivity index (χ1) is 9.22. The molecule has 0 radical (unpaired) electrons. The second-order valence-corrected chi connectivity index (χ2v) is 4.80. The van der Waals surface area contributed by atoms with Gasteiger partial charge in [-0.1, -0.05) is 18.2 Å². The van der Waals surface area contributed by atoms with Crippen molar-refractivity contribution in [3.05, 3.63) is 58.5 Å². The van der Waals surface area contributed by atoms with Gasteiger partial charge in [-0.15, -0.1) is 12.4 Å². The highest BCUT2D eigenvalue weighted by molar-refractivity contribution is 5.91. The summed E-state index contributed by atoms with van der Waals surface area (Å²) in [5.74, 6) is 0.931. The van der Waals surface area contributed by atoms with E-state index in [2.05, 4.69) is 28.8 Å². The standard InChI is InChI=1S/C15H16N2O2.ClH/c1-10-2-5-14(19-10)15(18)17-7-11-3-4-12-8-16-9-13(12)6-11;/h2-6,16H,7-9H2,1H3,(H,17,18);1H. The van der Waals surface area contributed by atoms with Gasteiger partial charge in [0.2, 0.25) is 0 Å². The molecule has 4 nitrogen and oxygen atoms in total. The fourth-order valence-electron chi connectivity index (χ4n) is 2.28.